The van der Waals surface area contributed by atoms with Crippen LogP contribution in [0.4, 0.5) is 0 Å². The van der Waals surface area contributed by atoms with E-state index in [0.717, 1.165) is 38.5 Å². The number of nitrogens with one attached hydrogen (secondary N) is 1. The van der Waals surface area contributed by atoms with E-state index in [-0.39, 0.29) is 22.3 Å². The second-order valence-corrected chi connectivity index (χ2v) is 14.4. The maximum absolute atomic E-state index is 10.8. The number of aromatic nitrogens is 1. The molecule has 7 heteroatoms. The van der Waals surface area contributed by atoms with Gasteiger partial charge in [0.15, 0.2) is 6.29 Å². The molecule has 7 nitrogen and oxygen atoms in total. The Hall–Kier alpha value is -1.74. The fourth-order valence-electron chi connectivity index (χ4n) is 9.75. The monoisotopic (exact) mass is 567 g/mol. The van der Waals surface area contributed by atoms with Gasteiger partial charge in [-0.1, -0.05) is 50.6 Å². The van der Waals surface area contributed by atoms with Crippen LogP contribution in [0.3, 0.4) is 0 Å². The topological polar surface area (TPSA) is 115 Å². The highest BCUT2D eigenvalue weighted by molar-refractivity contribution is 5.86. The first-order valence-corrected chi connectivity index (χ1v) is 15.6. The molecule has 4 aliphatic rings. The van der Waals surface area contributed by atoms with Gasteiger partial charge in [-0.15, -0.1) is 0 Å². The van der Waals surface area contributed by atoms with Crippen molar-refractivity contribution in [1.29, 1.82) is 0 Å². The van der Waals surface area contributed by atoms with Crippen molar-refractivity contribution < 1.29 is 29.9 Å². The molecule has 1 aromatic heterocycles. The summed E-state index contributed by atoms with van der Waals surface area (Å²) in [6, 6.07) is 8.72. The van der Waals surface area contributed by atoms with Crippen molar-refractivity contribution in [2.45, 2.75) is 122 Å². The Labute approximate surface area is 244 Å². The predicted molar refractivity (Wildman–Crippen MR) is 158 cm³/mol. The maximum Gasteiger partial charge on any atom is 0.186 e. The number of para-hydroxylation sites is 1. The number of benzene rings is 1. The van der Waals surface area contributed by atoms with Crippen LogP contribution in [0, 0.1) is 22.7 Å². The molecule has 3 fully saturated rings. The van der Waals surface area contributed by atoms with Crippen molar-refractivity contribution in [1.82, 2.24) is 4.98 Å². The third kappa shape index (κ3) is 4.29. The smallest absolute Gasteiger partial charge is 0.186 e. The molecule has 2 aromatic rings. The minimum Gasteiger partial charge on any atom is -0.394 e. The summed E-state index contributed by atoms with van der Waals surface area (Å²) in [7, 11) is 0. The SMILES string of the molecule is CC(C)=CCCC1(C)C(OC2OC(CO)C(O)C(O)C2O)CCC2(C)C1CCC1Cc3c([nH]c4ccccc34)C12C. The molecule has 0 bridgehead atoms. The summed E-state index contributed by atoms with van der Waals surface area (Å²) in [5.74, 6) is 0.974. The van der Waals surface area contributed by atoms with E-state index >= 15 is 0 Å². The lowest BCUT2D eigenvalue weighted by atomic mass is 9.40. The average molecular weight is 568 g/mol. The number of aliphatic hydroxyl groups is 4. The molecule has 1 aromatic carbocycles. The van der Waals surface area contributed by atoms with Gasteiger partial charge >= 0.3 is 0 Å². The molecule has 2 heterocycles. The van der Waals surface area contributed by atoms with Crippen molar-refractivity contribution in [3.8, 4) is 0 Å². The number of aromatic amines is 1. The predicted octanol–water partition coefficient (Wildman–Crippen LogP) is 4.75. The third-order valence-corrected chi connectivity index (χ3v) is 12.2. The fraction of sp³-hybridized carbons (Fsp3) is 0.706. The Kier molecular flexibility index (Phi) is 7.48. The van der Waals surface area contributed by atoms with Crippen LogP contribution in [0.2, 0.25) is 0 Å². The van der Waals surface area contributed by atoms with Gasteiger partial charge in [-0.05, 0) is 93.1 Å². The number of hydrogen-bond acceptors (Lipinski definition) is 6. The molecule has 5 N–H and O–H groups in total. The molecule has 6 rings (SSSR count). The van der Waals surface area contributed by atoms with Crippen molar-refractivity contribution in [2.24, 2.45) is 22.7 Å². The second-order valence-electron chi connectivity index (χ2n) is 14.4. The average Bonchev–Trinajstić information content (AvgIpc) is 3.45. The summed E-state index contributed by atoms with van der Waals surface area (Å²) in [4.78, 5) is 3.89. The maximum atomic E-state index is 10.8. The van der Waals surface area contributed by atoms with E-state index in [1.54, 1.807) is 0 Å². The molecule has 0 radical (unpaired) electrons. The summed E-state index contributed by atoms with van der Waals surface area (Å²) < 4.78 is 12.5. The van der Waals surface area contributed by atoms with Crippen LogP contribution in [-0.4, -0.2) is 68.8 Å². The van der Waals surface area contributed by atoms with Gasteiger partial charge < -0.3 is 34.9 Å². The van der Waals surface area contributed by atoms with E-state index in [2.05, 4.69) is 69.9 Å². The first kappa shape index (κ1) is 29.3. The first-order chi connectivity index (χ1) is 19.5. The zero-order chi connectivity index (χ0) is 29.3. The van der Waals surface area contributed by atoms with Crippen LogP contribution in [-0.2, 0) is 21.3 Å². The van der Waals surface area contributed by atoms with Crippen LogP contribution in [0.5, 0.6) is 0 Å². The van der Waals surface area contributed by atoms with Crippen molar-refractivity contribution in [3.63, 3.8) is 0 Å². The van der Waals surface area contributed by atoms with Gasteiger partial charge in [0, 0.05) is 22.0 Å². The van der Waals surface area contributed by atoms with Crippen molar-refractivity contribution >= 4 is 10.9 Å². The number of H-pyrrole nitrogens is 1. The Balaban J connectivity index is 1.37. The highest BCUT2D eigenvalue weighted by Gasteiger charge is 2.67. The van der Waals surface area contributed by atoms with Gasteiger partial charge in [-0.2, -0.15) is 0 Å². The summed E-state index contributed by atoms with van der Waals surface area (Å²) in [5.41, 5.74) is 5.30. The van der Waals surface area contributed by atoms with Crippen LogP contribution in [0.15, 0.2) is 35.9 Å². The minimum atomic E-state index is -1.44. The van der Waals surface area contributed by atoms with E-state index in [0.29, 0.717) is 11.8 Å². The molecular weight excluding hydrogens is 518 g/mol. The van der Waals surface area contributed by atoms with E-state index in [9.17, 15) is 20.4 Å². The molecule has 1 aliphatic heterocycles. The van der Waals surface area contributed by atoms with Crippen molar-refractivity contribution in [3.05, 3.63) is 47.2 Å². The molecule has 11 unspecified atom stereocenters. The first-order valence-electron chi connectivity index (χ1n) is 15.6. The molecule has 11 atom stereocenters. The Bertz CT molecular complexity index is 1300. The van der Waals surface area contributed by atoms with Crippen molar-refractivity contribution in [2.75, 3.05) is 6.61 Å². The van der Waals surface area contributed by atoms with E-state index in [1.807, 2.05) is 0 Å². The highest BCUT2D eigenvalue weighted by Crippen LogP contribution is 2.70. The number of hydrogen-bond donors (Lipinski definition) is 5. The molecule has 226 valence electrons. The fourth-order valence-corrected chi connectivity index (χ4v) is 9.75. The van der Waals surface area contributed by atoms with Gasteiger partial charge in [-0.3, -0.25) is 0 Å². The lowest BCUT2D eigenvalue weighted by Crippen LogP contribution is -2.64. The summed E-state index contributed by atoms with van der Waals surface area (Å²) in [6.45, 7) is 11.2. The van der Waals surface area contributed by atoms with Crippen LogP contribution in [0.1, 0.15) is 84.4 Å². The van der Waals surface area contributed by atoms with E-state index in [4.69, 9.17) is 9.47 Å². The second kappa shape index (κ2) is 10.5. The van der Waals surface area contributed by atoms with Gasteiger partial charge in [0.05, 0.1) is 12.7 Å². The highest BCUT2D eigenvalue weighted by atomic mass is 16.7. The van der Waals surface area contributed by atoms with Gasteiger partial charge in [0.2, 0.25) is 0 Å². The quantitative estimate of drug-likeness (QED) is 0.254. The molecule has 0 amide bonds. The van der Waals surface area contributed by atoms with E-state index < -0.39 is 37.3 Å². The number of aliphatic hydroxyl groups excluding tert-OH is 4. The Morgan fingerprint density at radius 3 is 2.54 bits per heavy atom. The van der Waals surface area contributed by atoms with Crippen LogP contribution in [0.25, 0.3) is 10.9 Å². The zero-order valence-electron chi connectivity index (χ0n) is 25.3. The third-order valence-electron chi connectivity index (χ3n) is 12.2. The summed E-state index contributed by atoms with van der Waals surface area (Å²) in [5, 5.41) is 42.8. The van der Waals surface area contributed by atoms with E-state index in [1.165, 1.54) is 34.2 Å². The number of allylic oxidation sites excluding steroid dienone is 2. The zero-order valence-corrected chi connectivity index (χ0v) is 25.3. The lowest BCUT2D eigenvalue weighted by Gasteiger charge is -2.65. The normalized spacial score (nSPS) is 43.8. The van der Waals surface area contributed by atoms with Gasteiger partial charge in [0.1, 0.15) is 24.4 Å². The molecular formula is C34H49NO6. The number of ether oxygens (including phenoxy) is 2. The minimum absolute atomic E-state index is 0.0101. The Morgan fingerprint density at radius 1 is 1.05 bits per heavy atom. The Morgan fingerprint density at radius 2 is 1.80 bits per heavy atom. The molecule has 1 saturated heterocycles. The van der Waals surface area contributed by atoms with Gasteiger partial charge in [-0.25, -0.2) is 0 Å². The molecule has 0 spiro atoms. The van der Waals surface area contributed by atoms with Crippen LogP contribution < -0.4 is 0 Å². The summed E-state index contributed by atoms with van der Waals surface area (Å²) >= 11 is 0. The van der Waals surface area contributed by atoms with Gasteiger partial charge in [0.25, 0.3) is 0 Å². The molecule has 41 heavy (non-hydrogen) atoms. The lowest BCUT2D eigenvalue weighted by molar-refractivity contribution is -0.330. The summed E-state index contributed by atoms with van der Waals surface area (Å²) in [6.07, 6.45) is 2.90. The molecule has 2 saturated carbocycles. The molecule has 3 aliphatic carbocycles. The standard InChI is InChI=1S/C34H49NO6/c1-19(2)9-8-15-32(3)25-13-12-20-17-22-21-10-6-7-11-23(21)35-30(22)34(20,5)33(25,4)16-14-26(32)41-31-29(39)28(38)27(37)24(18-36)40-31/h6-7,9-11,20,24-29,31,35-39H,8,12-18H2,1-5H3. The van der Waals surface area contributed by atoms with Crippen LogP contribution >= 0.6 is 0 Å². The largest absolute Gasteiger partial charge is 0.394 e. The number of fused-ring (bicyclic) bond motifs is 7. The number of rotatable bonds is 6.